The largest absolute Gasteiger partial charge is 0.478 e. The van der Waals surface area contributed by atoms with Crippen molar-refractivity contribution in [2.75, 3.05) is 0 Å². The molecule has 0 spiro atoms. The van der Waals surface area contributed by atoms with Gasteiger partial charge in [-0.1, -0.05) is 42.5 Å². The molecule has 0 amide bonds. The number of fused-ring (bicyclic) bond motifs is 4. The molecule has 0 fully saturated rings. The molecule has 5 rings (SSSR count). The fraction of sp³-hybridized carbons (Fsp3) is 0.0435. The van der Waals surface area contributed by atoms with Crippen molar-refractivity contribution in [1.29, 1.82) is 0 Å². The maximum absolute atomic E-state index is 13.7. The van der Waals surface area contributed by atoms with Gasteiger partial charge in [-0.05, 0) is 41.0 Å². The Morgan fingerprint density at radius 1 is 1.00 bits per heavy atom. The SMILES string of the molecule is O=C(O)c1c2c(nc3ccc(F)cc13)-c1ccc(-c3ccccc3)cc1CS2. The number of halogens is 1. The lowest BCUT2D eigenvalue weighted by atomic mass is 9.96. The number of hydrogen-bond acceptors (Lipinski definition) is 3. The van der Waals surface area contributed by atoms with Crippen molar-refractivity contribution in [2.24, 2.45) is 0 Å². The molecule has 2 heterocycles. The Balaban J connectivity index is 1.74. The molecule has 3 nitrogen and oxygen atoms in total. The second kappa shape index (κ2) is 6.46. The highest BCUT2D eigenvalue weighted by Crippen LogP contribution is 2.45. The quantitative estimate of drug-likeness (QED) is 0.457. The molecule has 0 unspecified atom stereocenters. The van der Waals surface area contributed by atoms with Gasteiger partial charge in [0.05, 0.1) is 16.8 Å². The number of aromatic carboxylic acids is 1. The minimum absolute atomic E-state index is 0.127. The van der Waals surface area contributed by atoms with Crippen molar-refractivity contribution in [3.63, 3.8) is 0 Å². The Hall–Kier alpha value is -3.18. The van der Waals surface area contributed by atoms with Gasteiger partial charge in [-0.15, -0.1) is 11.8 Å². The molecule has 0 atom stereocenters. The molecule has 1 N–H and O–H groups in total. The standard InChI is InChI=1S/C23H14FNO2S/c24-16-7-9-19-18(11-16)20(23(26)27)22-21(25-19)17-8-6-14(10-15(17)12-28-22)13-4-2-1-3-5-13/h1-11H,12H2,(H,26,27). The molecule has 1 aliphatic rings. The van der Waals surface area contributed by atoms with Gasteiger partial charge in [0, 0.05) is 21.6 Å². The third-order valence-corrected chi connectivity index (χ3v) is 6.10. The van der Waals surface area contributed by atoms with Crippen LogP contribution in [0.2, 0.25) is 0 Å². The number of carbonyl (C=O) groups is 1. The number of hydrogen-bond donors (Lipinski definition) is 1. The van der Waals surface area contributed by atoms with Crippen molar-refractivity contribution in [2.45, 2.75) is 10.6 Å². The maximum Gasteiger partial charge on any atom is 0.337 e. The van der Waals surface area contributed by atoms with E-state index < -0.39 is 11.8 Å². The lowest BCUT2D eigenvalue weighted by Gasteiger charge is -2.22. The Labute approximate surface area is 164 Å². The van der Waals surface area contributed by atoms with Crippen LogP contribution < -0.4 is 0 Å². The maximum atomic E-state index is 13.7. The molecule has 0 saturated carbocycles. The predicted octanol–water partition coefficient (Wildman–Crippen LogP) is 6.01. The number of benzene rings is 3. The molecule has 3 aromatic carbocycles. The second-order valence-corrected chi connectivity index (χ2v) is 7.64. The molecule has 4 aromatic rings. The van der Waals surface area contributed by atoms with E-state index in [1.54, 1.807) is 0 Å². The van der Waals surface area contributed by atoms with Crippen LogP contribution in [0, 0.1) is 5.82 Å². The van der Waals surface area contributed by atoms with Crippen molar-refractivity contribution >= 4 is 28.6 Å². The zero-order chi connectivity index (χ0) is 19.3. The van der Waals surface area contributed by atoms with Gasteiger partial charge in [0.15, 0.2) is 0 Å². The van der Waals surface area contributed by atoms with Crippen molar-refractivity contribution < 1.29 is 14.3 Å². The van der Waals surface area contributed by atoms with Crippen LogP contribution in [0.15, 0.2) is 71.6 Å². The molecular formula is C23H14FNO2S. The van der Waals surface area contributed by atoms with Crippen LogP contribution in [0.4, 0.5) is 4.39 Å². The third-order valence-electron chi connectivity index (χ3n) is 4.96. The Kier molecular flexibility index (Phi) is 3.91. The summed E-state index contributed by atoms with van der Waals surface area (Å²) >= 11 is 1.45. The van der Waals surface area contributed by atoms with Crippen LogP contribution in [0.1, 0.15) is 15.9 Å². The zero-order valence-electron chi connectivity index (χ0n) is 14.6. The van der Waals surface area contributed by atoms with Crippen LogP contribution in [-0.4, -0.2) is 16.1 Å². The minimum atomic E-state index is -1.06. The minimum Gasteiger partial charge on any atom is -0.478 e. The van der Waals surface area contributed by atoms with E-state index in [1.807, 2.05) is 30.3 Å². The van der Waals surface area contributed by atoms with Gasteiger partial charge in [0.1, 0.15) is 5.82 Å². The number of pyridine rings is 1. The van der Waals surface area contributed by atoms with Crippen LogP contribution >= 0.6 is 11.8 Å². The normalized spacial score (nSPS) is 12.5. The number of nitrogens with zero attached hydrogens (tertiary/aromatic N) is 1. The number of carboxylic acid groups (broad SMARTS) is 1. The summed E-state index contributed by atoms with van der Waals surface area (Å²) in [4.78, 5) is 17.3. The van der Waals surface area contributed by atoms with Crippen molar-refractivity contribution in [1.82, 2.24) is 4.98 Å². The van der Waals surface area contributed by atoms with Crippen LogP contribution in [0.25, 0.3) is 33.3 Å². The summed E-state index contributed by atoms with van der Waals surface area (Å²) in [5.41, 5.74) is 5.56. The van der Waals surface area contributed by atoms with E-state index in [2.05, 4.69) is 18.2 Å². The first-order valence-corrected chi connectivity index (χ1v) is 9.78. The van der Waals surface area contributed by atoms with E-state index in [9.17, 15) is 14.3 Å². The van der Waals surface area contributed by atoms with Gasteiger partial charge in [-0.3, -0.25) is 0 Å². The highest BCUT2D eigenvalue weighted by atomic mass is 32.2. The van der Waals surface area contributed by atoms with Crippen LogP contribution in [0.3, 0.4) is 0 Å². The molecule has 0 bridgehead atoms. The third kappa shape index (κ3) is 2.67. The fourth-order valence-corrected chi connectivity index (χ4v) is 4.83. The van der Waals surface area contributed by atoms with Crippen LogP contribution in [0.5, 0.6) is 0 Å². The molecule has 0 saturated heterocycles. The topological polar surface area (TPSA) is 50.2 Å². The van der Waals surface area contributed by atoms with E-state index in [0.29, 0.717) is 27.2 Å². The van der Waals surface area contributed by atoms with Gasteiger partial charge >= 0.3 is 5.97 Å². The molecule has 5 heteroatoms. The Bertz CT molecular complexity index is 1250. The summed E-state index contributed by atoms with van der Waals surface area (Å²) in [7, 11) is 0. The summed E-state index contributed by atoms with van der Waals surface area (Å²) in [6.07, 6.45) is 0. The Morgan fingerprint density at radius 2 is 1.82 bits per heavy atom. The molecule has 136 valence electrons. The lowest BCUT2D eigenvalue weighted by Crippen LogP contribution is -2.08. The van der Waals surface area contributed by atoms with E-state index in [-0.39, 0.29) is 5.56 Å². The molecule has 0 aliphatic carbocycles. The fourth-order valence-electron chi connectivity index (χ4n) is 3.66. The van der Waals surface area contributed by atoms with E-state index in [1.165, 1.54) is 30.0 Å². The number of thioether (sulfide) groups is 1. The smallest absolute Gasteiger partial charge is 0.337 e. The predicted molar refractivity (Wildman–Crippen MR) is 109 cm³/mol. The van der Waals surface area contributed by atoms with Gasteiger partial charge in [-0.25, -0.2) is 14.2 Å². The van der Waals surface area contributed by atoms with Crippen LogP contribution in [-0.2, 0) is 5.75 Å². The second-order valence-electron chi connectivity index (χ2n) is 6.66. The van der Waals surface area contributed by atoms with Crippen molar-refractivity contribution in [3.8, 4) is 22.4 Å². The molecule has 0 radical (unpaired) electrons. The number of rotatable bonds is 2. The van der Waals surface area contributed by atoms with Gasteiger partial charge in [0.2, 0.25) is 0 Å². The molecule has 28 heavy (non-hydrogen) atoms. The molecule has 1 aromatic heterocycles. The first-order chi connectivity index (χ1) is 13.6. The van der Waals surface area contributed by atoms with E-state index >= 15 is 0 Å². The van der Waals surface area contributed by atoms with Crippen molar-refractivity contribution in [3.05, 3.63) is 83.7 Å². The number of carboxylic acids is 1. The van der Waals surface area contributed by atoms with Gasteiger partial charge < -0.3 is 5.11 Å². The lowest BCUT2D eigenvalue weighted by molar-refractivity contribution is 0.0695. The average molecular weight is 387 g/mol. The highest BCUT2D eigenvalue weighted by molar-refractivity contribution is 7.98. The monoisotopic (exact) mass is 387 g/mol. The molecular weight excluding hydrogens is 373 g/mol. The number of aromatic nitrogens is 1. The zero-order valence-corrected chi connectivity index (χ0v) is 15.5. The van der Waals surface area contributed by atoms with Gasteiger partial charge in [0.25, 0.3) is 0 Å². The summed E-state index contributed by atoms with van der Waals surface area (Å²) < 4.78 is 13.7. The summed E-state index contributed by atoms with van der Waals surface area (Å²) in [5.74, 6) is -0.886. The first kappa shape index (κ1) is 17.0. The van der Waals surface area contributed by atoms with E-state index in [0.717, 1.165) is 22.3 Å². The highest BCUT2D eigenvalue weighted by Gasteiger charge is 2.26. The Morgan fingerprint density at radius 3 is 2.61 bits per heavy atom. The first-order valence-electron chi connectivity index (χ1n) is 8.80. The van der Waals surface area contributed by atoms with Gasteiger partial charge in [-0.2, -0.15) is 0 Å². The summed E-state index contributed by atoms with van der Waals surface area (Å²) in [6.45, 7) is 0. The summed E-state index contributed by atoms with van der Waals surface area (Å²) in [5, 5.41) is 10.1. The van der Waals surface area contributed by atoms with E-state index in [4.69, 9.17) is 4.98 Å². The molecule has 1 aliphatic heterocycles. The average Bonchev–Trinajstić information content (AvgIpc) is 2.72. The summed E-state index contributed by atoms with van der Waals surface area (Å²) in [6, 6.07) is 20.4.